The highest BCUT2D eigenvalue weighted by molar-refractivity contribution is 7.92. The average Bonchev–Trinajstić information content (AvgIpc) is 2.75. The van der Waals surface area contributed by atoms with Crippen LogP contribution in [0, 0.1) is 13.8 Å². The van der Waals surface area contributed by atoms with Gasteiger partial charge in [0.05, 0.1) is 10.6 Å². The lowest BCUT2D eigenvalue weighted by Gasteiger charge is -2.20. The number of hydrogen-bond acceptors (Lipinski definition) is 4. The van der Waals surface area contributed by atoms with Gasteiger partial charge in [-0.2, -0.15) is 0 Å². The number of benzene rings is 3. The number of hydrogen-bond donors (Lipinski definition) is 1. The van der Waals surface area contributed by atoms with E-state index in [2.05, 4.69) is 5.32 Å². The lowest BCUT2D eigenvalue weighted by molar-refractivity contribution is -0.118. The molecule has 0 spiro atoms. The molecule has 0 aliphatic carbocycles. The van der Waals surface area contributed by atoms with Gasteiger partial charge in [0.2, 0.25) is 0 Å². The van der Waals surface area contributed by atoms with Crippen LogP contribution in [0.5, 0.6) is 5.75 Å². The maximum atomic E-state index is 12.8. The molecule has 3 aromatic rings. The maximum absolute atomic E-state index is 12.8. The number of ether oxygens (including phenoxy) is 1. The Kier molecular flexibility index (Phi) is 6.87. The predicted octanol–water partition coefficient (Wildman–Crippen LogP) is 4.80. The van der Waals surface area contributed by atoms with E-state index in [0.29, 0.717) is 22.1 Å². The van der Waals surface area contributed by atoms with Gasteiger partial charge >= 0.3 is 0 Å². The van der Waals surface area contributed by atoms with Crippen molar-refractivity contribution in [3.05, 3.63) is 82.9 Å². The van der Waals surface area contributed by atoms with Crippen molar-refractivity contribution in [2.24, 2.45) is 0 Å². The van der Waals surface area contributed by atoms with Crippen molar-refractivity contribution in [1.29, 1.82) is 0 Å². The number of aryl methyl sites for hydroxylation is 1. The molecule has 0 radical (unpaired) electrons. The fraction of sp³-hybridized carbons (Fsp3) is 0.174. The van der Waals surface area contributed by atoms with Gasteiger partial charge in [0.1, 0.15) is 5.75 Å². The molecule has 3 rings (SSSR count). The van der Waals surface area contributed by atoms with E-state index in [1.54, 1.807) is 66.7 Å². The van der Waals surface area contributed by atoms with Crippen LogP contribution in [0.25, 0.3) is 0 Å². The van der Waals surface area contributed by atoms with E-state index in [9.17, 15) is 13.2 Å². The lowest BCUT2D eigenvalue weighted by Crippen LogP contribution is -2.26. The highest BCUT2D eigenvalue weighted by atomic mass is 35.5. The molecule has 162 valence electrons. The van der Waals surface area contributed by atoms with Crippen LogP contribution in [-0.2, 0) is 14.8 Å². The van der Waals surface area contributed by atoms with E-state index in [1.807, 2.05) is 13.8 Å². The first-order valence-electron chi connectivity index (χ1n) is 9.52. The average molecular weight is 459 g/mol. The molecule has 0 aromatic heterocycles. The Morgan fingerprint density at radius 3 is 2.29 bits per heavy atom. The van der Waals surface area contributed by atoms with Crippen molar-refractivity contribution in [3.63, 3.8) is 0 Å². The van der Waals surface area contributed by atoms with Gasteiger partial charge < -0.3 is 10.1 Å². The monoisotopic (exact) mass is 458 g/mol. The minimum atomic E-state index is -3.67. The number of halogens is 1. The number of nitrogens with zero attached hydrogens (tertiary/aromatic N) is 1. The van der Waals surface area contributed by atoms with Gasteiger partial charge in [-0.15, -0.1) is 0 Å². The second kappa shape index (κ2) is 9.41. The Morgan fingerprint density at radius 1 is 1.00 bits per heavy atom. The standard InChI is InChI=1S/C23H23ClN2O4S/c1-16-7-13-20(14-8-16)31(28,29)26(3)18-9-11-19(12-10-18)30-15-23(27)25-22-6-4-5-21(24)17(22)2/h4-14H,15H2,1-3H3,(H,25,27). The third-order valence-electron chi connectivity index (χ3n) is 4.79. The van der Waals surface area contributed by atoms with Gasteiger partial charge in [-0.05, 0) is 67.9 Å². The molecule has 0 saturated carbocycles. The van der Waals surface area contributed by atoms with Crippen LogP contribution in [0.3, 0.4) is 0 Å². The van der Waals surface area contributed by atoms with Crippen LogP contribution < -0.4 is 14.4 Å². The van der Waals surface area contributed by atoms with E-state index in [4.69, 9.17) is 16.3 Å². The van der Waals surface area contributed by atoms with Crippen molar-refractivity contribution in [2.75, 3.05) is 23.3 Å². The van der Waals surface area contributed by atoms with Gasteiger partial charge in [0, 0.05) is 17.8 Å². The lowest BCUT2D eigenvalue weighted by atomic mass is 10.2. The van der Waals surface area contributed by atoms with Gasteiger partial charge in [-0.1, -0.05) is 35.4 Å². The number of sulfonamides is 1. The number of nitrogens with one attached hydrogen (secondary N) is 1. The number of carbonyl (C=O) groups excluding carboxylic acids is 1. The maximum Gasteiger partial charge on any atom is 0.264 e. The zero-order chi connectivity index (χ0) is 22.6. The van der Waals surface area contributed by atoms with Crippen molar-refractivity contribution in [1.82, 2.24) is 0 Å². The minimum absolute atomic E-state index is 0.192. The van der Waals surface area contributed by atoms with Crippen LogP contribution in [0.1, 0.15) is 11.1 Å². The molecule has 6 nitrogen and oxygen atoms in total. The Morgan fingerprint density at radius 2 is 1.65 bits per heavy atom. The topological polar surface area (TPSA) is 75.7 Å². The fourth-order valence-corrected chi connectivity index (χ4v) is 4.21. The smallest absolute Gasteiger partial charge is 0.264 e. The molecule has 8 heteroatoms. The largest absolute Gasteiger partial charge is 0.484 e. The Balaban J connectivity index is 1.62. The first-order chi connectivity index (χ1) is 14.7. The van der Waals surface area contributed by atoms with Crippen LogP contribution in [-0.4, -0.2) is 28.0 Å². The quantitative estimate of drug-likeness (QED) is 0.551. The first kappa shape index (κ1) is 22.7. The highest BCUT2D eigenvalue weighted by Crippen LogP contribution is 2.25. The van der Waals surface area contributed by atoms with Gasteiger partial charge in [-0.25, -0.2) is 8.42 Å². The number of rotatable bonds is 7. The van der Waals surface area contributed by atoms with E-state index in [-0.39, 0.29) is 17.4 Å². The van der Waals surface area contributed by atoms with Crippen molar-refractivity contribution < 1.29 is 17.9 Å². The van der Waals surface area contributed by atoms with Gasteiger partial charge in [0.15, 0.2) is 6.61 Å². The van der Waals surface area contributed by atoms with Crippen molar-refractivity contribution in [3.8, 4) is 5.75 Å². The summed E-state index contributed by atoms with van der Waals surface area (Å²) in [7, 11) is -2.18. The molecular weight excluding hydrogens is 436 g/mol. The molecule has 0 saturated heterocycles. The summed E-state index contributed by atoms with van der Waals surface area (Å²) in [6, 6.07) is 18.4. The third-order valence-corrected chi connectivity index (χ3v) is 7.00. The summed E-state index contributed by atoms with van der Waals surface area (Å²) in [5, 5.41) is 3.33. The predicted molar refractivity (Wildman–Crippen MR) is 124 cm³/mol. The molecule has 0 unspecified atom stereocenters. The fourth-order valence-electron chi connectivity index (χ4n) is 2.84. The van der Waals surface area contributed by atoms with Crippen molar-refractivity contribution in [2.45, 2.75) is 18.7 Å². The molecule has 0 atom stereocenters. The Bertz CT molecular complexity index is 1180. The van der Waals surface area contributed by atoms with E-state index >= 15 is 0 Å². The Hall–Kier alpha value is -3.03. The minimum Gasteiger partial charge on any atom is -0.484 e. The van der Waals surface area contributed by atoms with E-state index in [0.717, 1.165) is 11.1 Å². The molecule has 0 heterocycles. The molecule has 0 aliphatic rings. The van der Waals surface area contributed by atoms with Crippen molar-refractivity contribution >= 4 is 38.9 Å². The summed E-state index contributed by atoms with van der Waals surface area (Å²) in [6.07, 6.45) is 0. The van der Waals surface area contributed by atoms with Crippen LogP contribution in [0.2, 0.25) is 5.02 Å². The summed E-state index contributed by atoms with van der Waals surface area (Å²) < 4.78 is 32.3. The summed E-state index contributed by atoms with van der Waals surface area (Å²) in [5.41, 5.74) is 2.86. The summed E-state index contributed by atoms with van der Waals surface area (Å²) in [6.45, 7) is 3.52. The normalized spacial score (nSPS) is 11.1. The second-order valence-electron chi connectivity index (χ2n) is 7.03. The zero-order valence-corrected chi connectivity index (χ0v) is 19.0. The molecule has 0 bridgehead atoms. The number of carbonyl (C=O) groups is 1. The SMILES string of the molecule is Cc1ccc(S(=O)(=O)N(C)c2ccc(OCC(=O)Nc3cccc(Cl)c3C)cc2)cc1. The Labute approximate surface area is 187 Å². The van der Waals surface area contributed by atoms with E-state index < -0.39 is 10.0 Å². The highest BCUT2D eigenvalue weighted by Gasteiger charge is 2.21. The first-order valence-corrected chi connectivity index (χ1v) is 11.3. The van der Waals surface area contributed by atoms with E-state index in [1.165, 1.54) is 11.4 Å². The summed E-state index contributed by atoms with van der Waals surface area (Å²) >= 11 is 6.06. The molecule has 3 aromatic carbocycles. The second-order valence-corrected chi connectivity index (χ2v) is 9.41. The van der Waals surface area contributed by atoms with Crippen LogP contribution in [0.4, 0.5) is 11.4 Å². The molecule has 0 aliphatic heterocycles. The van der Waals surface area contributed by atoms with Crippen LogP contribution in [0.15, 0.2) is 71.6 Å². The summed E-state index contributed by atoms with van der Waals surface area (Å²) in [4.78, 5) is 12.4. The summed E-state index contributed by atoms with van der Waals surface area (Å²) in [5.74, 6) is 0.122. The zero-order valence-electron chi connectivity index (χ0n) is 17.4. The van der Waals surface area contributed by atoms with Gasteiger partial charge in [0.25, 0.3) is 15.9 Å². The molecule has 1 N–H and O–H groups in total. The molecular formula is C23H23ClN2O4S. The number of amides is 1. The third kappa shape index (κ3) is 5.37. The number of anilines is 2. The molecule has 0 fully saturated rings. The molecule has 1 amide bonds. The van der Waals surface area contributed by atoms with Crippen LogP contribution >= 0.6 is 11.6 Å². The molecule has 31 heavy (non-hydrogen) atoms. The van der Waals surface area contributed by atoms with Gasteiger partial charge in [-0.3, -0.25) is 9.10 Å².